The predicted octanol–water partition coefficient (Wildman–Crippen LogP) is 5.63. The normalized spacial score (nSPS) is 18.8. The largest absolute Gasteiger partial charge is 0.0836 e. The van der Waals surface area contributed by atoms with Gasteiger partial charge in [0.05, 0.1) is 0 Å². The zero-order valence-electron chi connectivity index (χ0n) is 11.0. The Hall–Kier alpha value is -0.820. The van der Waals surface area contributed by atoms with Crippen molar-refractivity contribution < 1.29 is 0 Å². The van der Waals surface area contributed by atoms with Crippen molar-refractivity contribution in [1.29, 1.82) is 0 Å². The Morgan fingerprint density at radius 1 is 1.06 bits per heavy atom. The van der Waals surface area contributed by atoms with E-state index in [1.165, 1.54) is 34.7 Å². The number of fused-ring (bicyclic) bond motifs is 1. The van der Waals surface area contributed by atoms with Crippen molar-refractivity contribution in [3.05, 3.63) is 47.5 Å². The Kier molecular flexibility index (Phi) is 3.19. The smallest absolute Gasteiger partial charge is 0.0429 e. The van der Waals surface area contributed by atoms with Gasteiger partial charge in [-0.05, 0) is 53.5 Å². The standard InChI is InChI=1S/C17H19Br/c1-11-7-10-16(15-6-4-3-5-14(11)15)17(18)12(2)13-8-9-13/h3-7,10,12-13,17H,8-9H2,1-2H3. The van der Waals surface area contributed by atoms with Gasteiger partial charge in [0.15, 0.2) is 0 Å². The predicted molar refractivity (Wildman–Crippen MR) is 82.2 cm³/mol. The summed E-state index contributed by atoms with van der Waals surface area (Å²) in [5.41, 5.74) is 2.82. The second-order valence-corrected chi connectivity index (χ2v) is 6.60. The Bertz CT molecular complexity index is 569. The average molecular weight is 303 g/mol. The molecule has 0 spiro atoms. The highest BCUT2D eigenvalue weighted by Gasteiger charge is 2.33. The molecule has 94 valence electrons. The molecule has 0 aromatic heterocycles. The van der Waals surface area contributed by atoms with E-state index < -0.39 is 0 Å². The fourth-order valence-corrected chi connectivity index (χ4v) is 3.69. The Morgan fingerprint density at radius 3 is 2.39 bits per heavy atom. The molecule has 0 nitrogen and oxygen atoms in total. The third kappa shape index (κ3) is 2.09. The maximum atomic E-state index is 3.94. The number of rotatable bonds is 3. The molecule has 0 radical (unpaired) electrons. The van der Waals surface area contributed by atoms with Gasteiger partial charge in [0.25, 0.3) is 0 Å². The number of hydrogen-bond acceptors (Lipinski definition) is 0. The molecule has 1 aliphatic rings. The van der Waals surface area contributed by atoms with Gasteiger partial charge in [-0.2, -0.15) is 0 Å². The third-order valence-corrected chi connectivity index (χ3v) is 5.63. The van der Waals surface area contributed by atoms with Crippen LogP contribution in [0.3, 0.4) is 0 Å². The molecule has 0 N–H and O–H groups in total. The fraction of sp³-hybridized carbons (Fsp3) is 0.412. The number of halogens is 1. The molecule has 1 saturated carbocycles. The molecule has 1 aliphatic carbocycles. The summed E-state index contributed by atoms with van der Waals surface area (Å²) in [6.07, 6.45) is 2.82. The van der Waals surface area contributed by atoms with E-state index >= 15 is 0 Å². The summed E-state index contributed by atoms with van der Waals surface area (Å²) in [5, 5.41) is 2.80. The molecule has 0 heterocycles. The van der Waals surface area contributed by atoms with E-state index in [4.69, 9.17) is 0 Å². The van der Waals surface area contributed by atoms with Gasteiger partial charge in [0.2, 0.25) is 0 Å². The molecule has 2 unspecified atom stereocenters. The Balaban J connectivity index is 2.08. The van der Waals surface area contributed by atoms with Crippen LogP contribution in [0.25, 0.3) is 10.8 Å². The van der Waals surface area contributed by atoms with E-state index in [9.17, 15) is 0 Å². The van der Waals surface area contributed by atoms with Gasteiger partial charge in [0.1, 0.15) is 0 Å². The van der Waals surface area contributed by atoms with Crippen molar-refractivity contribution in [1.82, 2.24) is 0 Å². The molecule has 0 aliphatic heterocycles. The van der Waals surface area contributed by atoms with Crippen LogP contribution >= 0.6 is 15.9 Å². The first kappa shape index (κ1) is 12.2. The van der Waals surface area contributed by atoms with Crippen LogP contribution in [0.5, 0.6) is 0 Å². The molecule has 0 saturated heterocycles. The quantitative estimate of drug-likeness (QED) is 0.645. The number of aryl methyl sites for hydroxylation is 1. The summed E-state index contributed by atoms with van der Waals surface area (Å²) in [6, 6.07) is 13.3. The molecular formula is C17H19Br. The minimum Gasteiger partial charge on any atom is -0.0836 e. The average Bonchev–Trinajstić information content (AvgIpc) is 3.22. The summed E-state index contributed by atoms with van der Waals surface area (Å²) in [4.78, 5) is 0.482. The van der Waals surface area contributed by atoms with Gasteiger partial charge >= 0.3 is 0 Å². The highest BCUT2D eigenvalue weighted by atomic mass is 79.9. The molecule has 18 heavy (non-hydrogen) atoms. The molecule has 1 heteroatoms. The first-order chi connectivity index (χ1) is 8.68. The first-order valence-electron chi connectivity index (χ1n) is 6.81. The SMILES string of the molecule is Cc1ccc(C(Br)C(C)C2CC2)c2ccccc12. The maximum Gasteiger partial charge on any atom is 0.0429 e. The van der Waals surface area contributed by atoms with Crippen molar-refractivity contribution in [3.63, 3.8) is 0 Å². The zero-order valence-corrected chi connectivity index (χ0v) is 12.6. The Morgan fingerprint density at radius 2 is 1.72 bits per heavy atom. The van der Waals surface area contributed by atoms with Crippen molar-refractivity contribution in [2.45, 2.75) is 31.5 Å². The lowest BCUT2D eigenvalue weighted by Crippen LogP contribution is -2.06. The topological polar surface area (TPSA) is 0 Å². The molecular weight excluding hydrogens is 284 g/mol. The monoisotopic (exact) mass is 302 g/mol. The van der Waals surface area contributed by atoms with Gasteiger partial charge in [-0.15, -0.1) is 0 Å². The van der Waals surface area contributed by atoms with E-state index in [1.807, 2.05) is 0 Å². The number of alkyl halides is 1. The van der Waals surface area contributed by atoms with E-state index in [1.54, 1.807) is 0 Å². The van der Waals surface area contributed by atoms with Crippen LogP contribution in [0.4, 0.5) is 0 Å². The number of hydrogen-bond donors (Lipinski definition) is 0. The molecule has 2 atom stereocenters. The van der Waals surface area contributed by atoms with E-state index in [0.29, 0.717) is 4.83 Å². The third-order valence-electron chi connectivity index (χ3n) is 4.30. The van der Waals surface area contributed by atoms with E-state index in [0.717, 1.165) is 11.8 Å². The number of benzene rings is 2. The van der Waals surface area contributed by atoms with E-state index in [2.05, 4.69) is 66.2 Å². The highest BCUT2D eigenvalue weighted by molar-refractivity contribution is 9.09. The molecule has 3 rings (SSSR count). The lowest BCUT2D eigenvalue weighted by Gasteiger charge is -2.20. The molecule has 0 bridgehead atoms. The zero-order chi connectivity index (χ0) is 12.7. The van der Waals surface area contributed by atoms with Crippen LogP contribution < -0.4 is 0 Å². The minimum absolute atomic E-state index is 0.482. The maximum absolute atomic E-state index is 3.94. The summed E-state index contributed by atoms with van der Waals surface area (Å²) < 4.78 is 0. The minimum atomic E-state index is 0.482. The highest BCUT2D eigenvalue weighted by Crippen LogP contribution is 2.47. The first-order valence-corrected chi connectivity index (χ1v) is 7.72. The van der Waals surface area contributed by atoms with Crippen LogP contribution in [0.2, 0.25) is 0 Å². The van der Waals surface area contributed by atoms with Crippen LogP contribution in [0.1, 0.15) is 35.7 Å². The van der Waals surface area contributed by atoms with Crippen molar-refractivity contribution in [2.24, 2.45) is 11.8 Å². The van der Waals surface area contributed by atoms with Crippen molar-refractivity contribution in [2.75, 3.05) is 0 Å². The lowest BCUT2D eigenvalue weighted by atomic mass is 9.91. The van der Waals surface area contributed by atoms with Gasteiger partial charge < -0.3 is 0 Å². The van der Waals surface area contributed by atoms with Gasteiger partial charge in [-0.3, -0.25) is 0 Å². The summed E-state index contributed by atoms with van der Waals surface area (Å²) >= 11 is 3.94. The Labute approximate surface area is 118 Å². The van der Waals surface area contributed by atoms with Gasteiger partial charge in [-0.25, -0.2) is 0 Å². The van der Waals surface area contributed by atoms with Gasteiger partial charge in [0, 0.05) is 4.83 Å². The van der Waals surface area contributed by atoms with Crippen LogP contribution in [0.15, 0.2) is 36.4 Å². The van der Waals surface area contributed by atoms with Gasteiger partial charge in [-0.1, -0.05) is 59.3 Å². The second-order valence-electron chi connectivity index (χ2n) is 5.62. The fourth-order valence-electron chi connectivity index (χ4n) is 2.86. The van der Waals surface area contributed by atoms with Crippen LogP contribution in [-0.2, 0) is 0 Å². The summed E-state index contributed by atoms with van der Waals surface area (Å²) in [7, 11) is 0. The molecule has 2 aromatic carbocycles. The van der Waals surface area contributed by atoms with Crippen LogP contribution in [-0.4, -0.2) is 0 Å². The molecule has 1 fully saturated rings. The van der Waals surface area contributed by atoms with Crippen molar-refractivity contribution in [3.8, 4) is 0 Å². The second kappa shape index (κ2) is 4.70. The summed E-state index contributed by atoms with van der Waals surface area (Å²) in [6.45, 7) is 4.57. The van der Waals surface area contributed by atoms with Crippen LogP contribution in [0, 0.1) is 18.8 Å². The summed E-state index contributed by atoms with van der Waals surface area (Å²) in [5.74, 6) is 1.66. The van der Waals surface area contributed by atoms with Crippen molar-refractivity contribution >= 4 is 26.7 Å². The molecule has 0 amide bonds. The molecule has 2 aromatic rings. The van der Waals surface area contributed by atoms with E-state index in [-0.39, 0.29) is 0 Å². The lowest BCUT2D eigenvalue weighted by molar-refractivity contribution is 0.504.